The maximum atomic E-state index is 12.9. The Kier molecular flexibility index (Phi) is 6.12. The van der Waals surface area contributed by atoms with E-state index >= 15 is 0 Å². The van der Waals surface area contributed by atoms with Gasteiger partial charge in [0.15, 0.2) is 0 Å². The van der Waals surface area contributed by atoms with Crippen LogP contribution >= 0.6 is 0 Å². The summed E-state index contributed by atoms with van der Waals surface area (Å²) in [6.45, 7) is 0.891. The number of carboxylic acids is 2. The number of likely N-dealkylation sites (tertiary alicyclic amines) is 2. The van der Waals surface area contributed by atoms with Gasteiger partial charge < -0.3 is 20.0 Å². The molecule has 0 bridgehead atoms. The predicted molar refractivity (Wildman–Crippen MR) is 116 cm³/mol. The van der Waals surface area contributed by atoms with E-state index in [1.165, 1.54) is 9.80 Å². The molecule has 8 nitrogen and oxygen atoms in total. The fraction of sp³-hybridized carbons (Fsp3) is 0.417. The highest BCUT2D eigenvalue weighted by molar-refractivity contribution is 5.96. The minimum Gasteiger partial charge on any atom is -0.480 e. The van der Waals surface area contributed by atoms with Crippen LogP contribution in [0.1, 0.15) is 36.8 Å². The lowest BCUT2D eigenvalue weighted by molar-refractivity contribution is -0.148. The van der Waals surface area contributed by atoms with Crippen LogP contribution in [0, 0.1) is 0 Å². The van der Waals surface area contributed by atoms with Crippen LogP contribution in [0.2, 0.25) is 0 Å². The maximum Gasteiger partial charge on any atom is 0.326 e. The van der Waals surface area contributed by atoms with Gasteiger partial charge in [0.05, 0.1) is 12.8 Å². The molecule has 168 valence electrons. The van der Waals surface area contributed by atoms with Crippen molar-refractivity contribution in [2.75, 3.05) is 13.1 Å². The summed E-state index contributed by atoms with van der Waals surface area (Å²) >= 11 is 0. The van der Waals surface area contributed by atoms with Crippen LogP contribution in [0.15, 0.2) is 36.4 Å². The van der Waals surface area contributed by atoms with E-state index in [2.05, 4.69) is 0 Å². The van der Waals surface area contributed by atoms with Crippen LogP contribution in [0.25, 0.3) is 10.8 Å². The van der Waals surface area contributed by atoms with Gasteiger partial charge in [-0.2, -0.15) is 0 Å². The minimum atomic E-state index is -0.976. The molecule has 0 aromatic heterocycles. The number of nitrogens with zero attached hydrogens (tertiary/aromatic N) is 2. The summed E-state index contributed by atoms with van der Waals surface area (Å²) in [5, 5.41) is 20.4. The minimum absolute atomic E-state index is 0.0890. The number of benzene rings is 2. The van der Waals surface area contributed by atoms with E-state index < -0.39 is 24.0 Å². The Morgan fingerprint density at radius 2 is 1.12 bits per heavy atom. The summed E-state index contributed by atoms with van der Waals surface area (Å²) < 4.78 is 0. The van der Waals surface area contributed by atoms with Gasteiger partial charge >= 0.3 is 11.9 Å². The van der Waals surface area contributed by atoms with Gasteiger partial charge in [0.25, 0.3) is 0 Å². The molecule has 2 aliphatic rings. The third-order valence-corrected chi connectivity index (χ3v) is 6.50. The standard InChI is InChI=1S/C24H26N2O6/c27-21(25-11-3-7-19(25)23(29)30)13-15-9-10-16(18-6-2-1-5-17(15)18)14-22(28)26-12-4-8-20(26)24(31)32/h1-2,5-6,9-10,19-20H,3-4,7-8,11-14H2,(H,29,30)(H,31,32)/t19-,20+. The number of rotatable bonds is 6. The van der Waals surface area contributed by atoms with Crippen molar-refractivity contribution in [3.05, 3.63) is 47.5 Å². The average molecular weight is 438 g/mol. The molecule has 2 N–H and O–H groups in total. The van der Waals surface area contributed by atoms with Gasteiger partial charge in [-0.15, -0.1) is 0 Å². The number of carbonyl (C=O) groups is 4. The maximum absolute atomic E-state index is 12.9. The molecule has 0 spiro atoms. The van der Waals surface area contributed by atoms with Gasteiger partial charge in [-0.1, -0.05) is 36.4 Å². The summed E-state index contributed by atoms with van der Waals surface area (Å²) in [6.07, 6.45) is 2.47. The van der Waals surface area contributed by atoms with E-state index in [1.807, 2.05) is 36.4 Å². The number of amides is 2. The molecular weight excluding hydrogens is 412 g/mol. The predicted octanol–water partition coefficient (Wildman–Crippen LogP) is 2.08. The average Bonchev–Trinajstić information content (AvgIpc) is 3.45. The Labute approximate surface area is 185 Å². The third-order valence-electron chi connectivity index (χ3n) is 6.50. The SMILES string of the molecule is O=C(O)[C@H]1CCCN1C(=O)Cc1ccc(CC(=O)N2CCC[C@H]2C(=O)O)c2ccccc12. The van der Waals surface area contributed by atoms with Gasteiger partial charge in [0.2, 0.25) is 11.8 Å². The molecule has 2 amide bonds. The Bertz CT molecular complexity index is 997. The Morgan fingerprint density at radius 1 is 0.719 bits per heavy atom. The second-order valence-electron chi connectivity index (χ2n) is 8.45. The molecule has 0 aliphatic carbocycles. The van der Waals surface area contributed by atoms with Gasteiger partial charge in [-0.25, -0.2) is 9.59 Å². The van der Waals surface area contributed by atoms with E-state index in [1.54, 1.807) is 0 Å². The van der Waals surface area contributed by atoms with Gasteiger partial charge in [-0.3, -0.25) is 9.59 Å². The van der Waals surface area contributed by atoms with Crippen molar-refractivity contribution in [2.24, 2.45) is 0 Å². The molecule has 8 heteroatoms. The molecule has 0 saturated carbocycles. The van der Waals surface area contributed by atoms with Crippen molar-refractivity contribution in [2.45, 2.75) is 50.6 Å². The lowest BCUT2D eigenvalue weighted by Gasteiger charge is -2.23. The Morgan fingerprint density at radius 3 is 1.50 bits per heavy atom. The summed E-state index contributed by atoms with van der Waals surface area (Å²) in [5.41, 5.74) is 1.56. The highest BCUT2D eigenvalue weighted by Gasteiger charge is 2.35. The molecule has 2 fully saturated rings. The molecule has 2 atom stereocenters. The monoisotopic (exact) mass is 438 g/mol. The molecule has 2 aliphatic heterocycles. The fourth-order valence-electron chi connectivity index (χ4n) is 4.91. The first-order chi connectivity index (χ1) is 15.4. The van der Waals surface area contributed by atoms with Crippen molar-refractivity contribution in [3.63, 3.8) is 0 Å². The number of carboxylic acid groups (broad SMARTS) is 2. The zero-order valence-corrected chi connectivity index (χ0v) is 17.7. The molecule has 0 radical (unpaired) electrons. The van der Waals surface area contributed by atoms with Crippen LogP contribution in [-0.2, 0) is 32.0 Å². The normalized spacial score (nSPS) is 20.6. The quantitative estimate of drug-likeness (QED) is 0.714. The molecule has 2 aromatic carbocycles. The zero-order chi connectivity index (χ0) is 22.8. The summed E-state index contributed by atoms with van der Waals surface area (Å²) in [6, 6.07) is 9.58. The zero-order valence-electron chi connectivity index (χ0n) is 17.7. The number of aliphatic carboxylic acids is 2. The highest BCUT2D eigenvalue weighted by Crippen LogP contribution is 2.27. The lowest BCUT2D eigenvalue weighted by Crippen LogP contribution is -2.41. The molecule has 4 rings (SSSR count). The molecule has 2 saturated heterocycles. The van der Waals surface area contributed by atoms with Crippen LogP contribution in [0.4, 0.5) is 0 Å². The molecule has 2 aromatic rings. The first kappa shape index (κ1) is 21.8. The topological polar surface area (TPSA) is 115 Å². The summed E-state index contributed by atoms with van der Waals surface area (Å²) in [4.78, 5) is 51.5. The van der Waals surface area contributed by atoms with Crippen molar-refractivity contribution < 1.29 is 29.4 Å². The number of carbonyl (C=O) groups excluding carboxylic acids is 2. The first-order valence-electron chi connectivity index (χ1n) is 10.9. The molecule has 32 heavy (non-hydrogen) atoms. The van der Waals surface area contributed by atoms with E-state index in [4.69, 9.17) is 0 Å². The second kappa shape index (κ2) is 8.98. The highest BCUT2D eigenvalue weighted by atomic mass is 16.4. The van der Waals surface area contributed by atoms with Crippen molar-refractivity contribution >= 4 is 34.5 Å². The van der Waals surface area contributed by atoms with Crippen LogP contribution in [-0.4, -0.2) is 68.9 Å². The van der Waals surface area contributed by atoms with Crippen LogP contribution in [0.5, 0.6) is 0 Å². The van der Waals surface area contributed by atoms with Gasteiger partial charge in [-0.05, 0) is 47.6 Å². The molecule has 2 heterocycles. The van der Waals surface area contributed by atoms with Gasteiger partial charge in [0, 0.05) is 13.1 Å². The largest absolute Gasteiger partial charge is 0.480 e. The Hall–Kier alpha value is -3.42. The first-order valence-corrected chi connectivity index (χ1v) is 10.9. The van der Waals surface area contributed by atoms with Crippen molar-refractivity contribution in [3.8, 4) is 0 Å². The summed E-state index contributed by atoms with van der Waals surface area (Å²) in [5.74, 6) is -2.39. The number of hydrogen-bond donors (Lipinski definition) is 2. The fourth-order valence-corrected chi connectivity index (χ4v) is 4.91. The second-order valence-corrected chi connectivity index (χ2v) is 8.45. The van der Waals surface area contributed by atoms with Crippen molar-refractivity contribution in [1.82, 2.24) is 9.80 Å². The van der Waals surface area contributed by atoms with E-state index in [9.17, 15) is 29.4 Å². The molecule has 0 unspecified atom stereocenters. The summed E-state index contributed by atoms with van der Waals surface area (Å²) in [7, 11) is 0. The van der Waals surface area contributed by atoms with E-state index in [-0.39, 0.29) is 24.7 Å². The molecular formula is C24H26N2O6. The van der Waals surface area contributed by atoms with Crippen LogP contribution < -0.4 is 0 Å². The van der Waals surface area contributed by atoms with Crippen LogP contribution in [0.3, 0.4) is 0 Å². The van der Waals surface area contributed by atoms with Crippen molar-refractivity contribution in [1.29, 1.82) is 0 Å². The van der Waals surface area contributed by atoms with E-state index in [0.717, 1.165) is 21.9 Å². The number of fused-ring (bicyclic) bond motifs is 1. The third kappa shape index (κ3) is 4.17. The Balaban J connectivity index is 1.57. The van der Waals surface area contributed by atoms with Gasteiger partial charge in [0.1, 0.15) is 12.1 Å². The van der Waals surface area contributed by atoms with E-state index in [0.29, 0.717) is 38.8 Å². The lowest BCUT2D eigenvalue weighted by atomic mass is 9.95. The smallest absolute Gasteiger partial charge is 0.326 e. The number of hydrogen-bond acceptors (Lipinski definition) is 4.